The Labute approximate surface area is 236 Å². The fourth-order valence-electron chi connectivity index (χ4n) is 4.59. The SMILES string of the molecule is CCCN(CC[C@@H](OCCNC(=O)OC)c1cccc(Cl)c1)C(=O)N[C@@H](C[C@H]1CCCOC1)CN(C)C(=O)O. The number of halogens is 1. The molecule has 1 aromatic carbocycles. The number of likely N-dealkylation sites (N-methyl/N-ethyl adjacent to an activating group) is 1. The molecular weight excluding hydrogens is 528 g/mol. The maximum Gasteiger partial charge on any atom is 0.407 e. The molecule has 1 heterocycles. The van der Waals surface area contributed by atoms with Gasteiger partial charge in [0, 0.05) is 57.5 Å². The molecule has 12 heteroatoms. The summed E-state index contributed by atoms with van der Waals surface area (Å²) in [4.78, 5) is 39.2. The van der Waals surface area contributed by atoms with Crippen molar-refractivity contribution in [1.29, 1.82) is 0 Å². The van der Waals surface area contributed by atoms with Crippen LogP contribution in [0.1, 0.15) is 50.7 Å². The average molecular weight is 571 g/mol. The third-order valence-corrected chi connectivity index (χ3v) is 6.79. The van der Waals surface area contributed by atoms with Gasteiger partial charge in [0.1, 0.15) is 0 Å². The van der Waals surface area contributed by atoms with E-state index in [1.165, 1.54) is 19.1 Å². The maximum atomic E-state index is 13.4. The number of carboxylic acid groups (broad SMARTS) is 1. The van der Waals surface area contributed by atoms with Crippen LogP contribution in [0.3, 0.4) is 0 Å². The fourth-order valence-corrected chi connectivity index (χ4v) is 4.79. The van der Waals surface area contributed by atoms with Gasteiger partial charge in [-0.2, -0.15) is 0 Å². The Morgan fingerprint density at radius 2 is 2.08 bits per heavy atom. The Morgan fingerprint density at radius 1 is 1.28 bits per heavy atom. The van der Waals surface area contributed by atoms with Gasteiger partial charge in [-0.25, -0.2) is 14.4 Å². The number of amides is 4. The number of methoxy groups -OCH3 is 1. The van der Waals surface area contributed by atoms with E-state index in [0.717, 1.165) is 31.4 Å². The van der Waals surface area contributed by atoms with E-state index in [9.17, 15) is 19.5 Å². The minimum absolute atomic E-state index is 0.193. The van der Waals surface area contributed by atoms with E-state index in [4.69, 9.17) is 21.1 Å². The second-order valence-corrected chi connectivity index (χ2v) is 10.2. The minimum atomic E-state index is -1.04. The molecule has 0 radical (unpaired) electrons. The molecule has 2 rings (SSSR count). The van der Waals surface area contributed by atoms with Crippen LogP contribution in [0.25, 0.3) is 0 Å². The monoisotopic (exact) mass is 570 g/mol. The highest BCUT2D eigenvalue weighted by molar-refractivity contribution is 6.30. The molecule has 1 fully saturated rings. The van der Waals surface area contributed by atoms with Crippen LogP contribution in [-0.2, 0) is 14.2 Å². The molecule has 1 aliphatic rings. The summed E-state index contributed by atoms with van der Waals surface area (Å²) >= 11 is 6.22. The van der Waals surface area contributed by atoms with Crippen molar-refractivity contribution >= 4 is 29.8 Å². The van der Waals surface area contributed by atoms with Crippen molar-refractivity contribution in [2.45, 2.75) is 51.2 Å². The summed E-state index contributed by atoms with van der Waals surface area (Å²) in [6, 6.07) is 6.79. The van der Waals surface area contributed by atoms with Gasteiger partial charge in [0.2, 0.25) is 0 Å². The molecule has 1 saturated heterocycles. The van der Waals surface area contributed by atoms with Gasteiger partial charge in [0.05, 0.1) is 19.8 Å². The van der Waals surface area contributed by atoms with Crippen LogP contribution in [0.2, 0.25) is 5.02 Å². The first-order chi connectivity index (χ1) is 18.7. The van der Waals surface area contributed by atoms with Gasteiger partial charge in [0.15, 0.2) is 0 Å². The number of alkyl carbamates (subject to hydrolysis) is 1. The van der Waals surface area contributed by atoms with Crippen LogP contribution in [0, 0.1) is 5.92 Å². The number of nitrogens with one attached hydrogen (secondary N) is 2. The van der Waals surface area contributed by atoms with E-state index >= 15 is 0 Å². The second kappa shape index (κ2) is 17.8. The molecule has 1 aliphatic heterocycles. The summed E-state index contributed by atoms with van der Waals surface area (Å²) in [5.74, 6) is 0.269. The highest BCUT2D eigenvalue weighted by Gasteiger charge is 2.26. The number of nitrogens with zero attached hydrogens (tertiary/aromatic N) is 2. The van der Waals surface area contributed by atoms with Crippen molar-refractivity contribution in [1.82, 2.24) is 20.4 Å². The van der Waals surface area contributed by atoms with E-state index < -0.39 is 12.2 Å². The normalized spacial score (nSPS) is 16.6. The Morgan fingerprint density at radius 3 is 2.72 bits per heavy atom. The highest BCUT2D eigenvalue weighted by atomic mass is 35.5. The molecule has 3 atom stereocenters. The van der Waals surface area contributed by atoms with Crippen LogP contribution >= 0.6 is 11.6 Å². The summed E-state index contributed by atoms with van der Waals surface area (Å²) < 4.78 is 16.3. The highest BCUT2D eigenvalue weighted by Crippen LogP contribution is 2.25. The number of carbonyl (C=O) groups is 3. The summed E-state index contributed by atoms with van der Waals surface area (Å²) in [7, 11) is 2.80. The molecule has 11 nitrogen and oxygen atoms in total. The average Bonchev–Trinajstić information content (AvgIpc) is 2.92. The lowest BCUT2D eigenvalue weighted by molar-refractivity contribution is 0.0413. The lowest BCUT2D eigenvalue weighted by Gasteiger charge is -2.32. The van der Waals surface area contributed by atoms with Crippen LogP contribution in [0.5, 0.6) is 0 Å². The first-order valence-corrected chi connectivity index (χ1v) is 13.9. The molecule has 1 aromatic rings. The van der Waals surface area contributed by atoms with Crippen molar-refractivity contribution < 1.29 is 33.7 Å². The van der Waals surface area contributed by atoms with Crippen molar-refractivity contribution in [2.24, 2.45) is 5.92 Å². The topological polar surface area (TPSA) is 130 Å². The quantitative estimate of drug-likeness (QED) is 0.267. The molecule has 0 unspecified atom stereocenters. The molecule has 4 amide bonds. The predicted octanol–water partition coefficient (Wildman–Crippen LogP) is 4.36. The summed E-state index contributed by atoms with van der Waals surface area (Å²) in [5, 5.41) is 15.6. The second-order valence-electron chi connectivity index (χ2n) is 9.74. The number of hydrogen-bond acceptors (Lipinski definition) is 6. The number of benzene rings is 1. The number of ether oxygens (including phenoxy) is 3. The summed E-state index contributed by atoms with van der Waals surface area (Å²) in [5.41, 5.74) is 0.871. The third kappa shape index (κ3) is 12.3. The van der Waals surface area contributed by atoms with Crippen LogP contribution in [0.4, 0.5) is 14.4 Å². The lowest BCUT2D eigenvalue weighted by atomic mass is 9.94. The van der Waals surface area contributed by atoms with Crippen molar-refractivity contribution in [2.75, 3.05) is 60.2 Å². The first-order valence-electron chi connectivity index (χ1n) is 13.5. The first kappa shape index (κ1) is 32.5. The standard InChI is InChI=1S/C27H43ClN4O7/c1-4-12-32(25(33)30-23(18-31(2)27(35)36)16-20-7-6-14-38-19-20)13-10-24(21-8-5-9-22(28)17-21)39-15-11-29-26(34)37-3/h5,8-9,17,20,23-24H,4,6-7,10-16,18-19H2,1-3H3,(H,29,34)(H,30,33)(H,35,36)/t20-,23+,24-/m1/s1. The molecule has 0 aromatic heterocycles. The predicted molar refractivity (Wildman–Crippen MR) is 148 cm³/mol. The number of urea groups is 1. The molecule has 39 heavy (non-hydrogen) atoms. The largest absolute Gasteiger partial charge is 0.465 e. The van der Waals surface area contributed by atoms with Crippen LogP contribution < -0.4 is 10.6 Å². The van der Waals surface area contributed by atoms with E-state index in [1.807, 2.05) is 25.1 Å². The van der Waals surface area contributed by atoms with Crippen LogP contribution in [-0.4, -0.2) is 99.3 Å². The van der Waals surface area contributed by atoms with Gasteiger partial charge in [-0.1, -0.05) is 30.7 Å². The Balaban J connectivity index is 2.06. The van der Waals surface area contributed by atoms with E-state index in [1.54, 1.807) is 11.0 Å². The Bertz CT molecular complexity index is 901. The molecular formula is C27H43ClN4O7. The lowest BCUT2D eigenvalue weighted by Crippen LogP contribution is -2.50. The third-order valence-electron chi connectivity index (χ3n) is 6.56. The van der Waals surface area contributed by atoms with E-state index in [0.29, 0.717) is 37.6 Å². The Kier molecular flexibility index (Phi) is 14.8. The van der Waals surface area contributed by atoms with Crippen molar-refractivity contribution in [3.05, 3.63) is 34.9 Å². The maximum absolute atomic E-state index is 13.4. The zero-order valence-electron chi connectivity index (χ0n) is 23.2. The Hall–Kier alpha value is -2.76. The number of rotatable bonds is 15. The van der Waals surface area contributed by atoms with E-state index in [-0.39, 0.29) is 43.8 Å². The molecule has 220 valence electrons. The van der Waals surface area contributed by atoms with Gasteiger partial charge < -0.3 is 39.8 Å². The fraction of sp³-hybridized carbons (Fsp3) is 0.667. The van der Waals surface area contributed by atoms with Crippen molar-refractivity contribution in [3.8, 4) is 0 Å². The van der Waals surface area contributed by atoms with Gasteiger partial charge in [-0.05, 0) is 55.7 Å². The van der Waals surface area contributed by atoms with Gasteiger partial charge in [0.25, 0.3) is 0 Å². The molecule has 0 bridgehead atoms. The van der Waals surface area contributed by atoms with Gasteiger partial charge >= 0.3 is 18.2 Å². The zero-order chi connectivity index (χ0) is 28.6. The smallest absolute Gasteiger partial charge is 0.407 e. The van der Waals surface area contributed by atoms with Crippen LogP contribution in [0.15, 0.2) is 24.3 Å². The number of hydrogen-bond donors (Lipinski definition) is 3. The summed E-state index contributed by atoms with van der Waals surface area (Å²) in [6.07, 6.45) is 1.92. The number of carbonyl (C=O) groups excluding carboxylic acids is 2. The van der Waals surface area contributed by atoms with E-state index in [2.05, 4.69) is 15.4 Å². The van der Waals surface area contributed by atoms with Gasteiger partial charge in [-0.3, -0.25) is 0 Å². The zero-order valence-corrected chi connectivity index (χ0v) is 24.0. The minimum Gasteiger partial charge on any atom is -0.465 e. The summed E-state index contributed by atoms with van der Waals surface area (Å²) in [6.45, 7) is 5.01. The van der Waals surface area contributed by atoms with Gasteiger partial charge in [-0.15, -0.1) is 0 Å². The molecule has 0 spiro atoms. The molecule has 0 aliphatic carbocycles. The van der Waals surface area contributed by atoms with Crippen molar-refractivity contribution in [3.63, 3.8) is 0 Å². The molecule has 0 saturated carbocycles. The molecule has 3 N–H and O–H groups in total.